The van der Waals surface area contributed by atoms with Crippen LogP contribution in [0.25, 0.3) is 28.1 Å². The molecule has 0 aliphatic carbocycles. The molecule has 2 aromatic carbocycles. The topological polar surface area (TPSA) is 55.4 Å². The molecule has 0 bridgehead atoms. The van der Waals surface area contributed by atoms with E-state index in [1.54, 1.807) is 0 Å². The molecular weight excluding hydrogens is 350 g/mol. The monoisotopic (exact) mass is 373 g/mol. The lowest BCUT2D eigenvalue weighted by atomic mass is 10.1. The molecule has 0 N–H and O–H groups in total. The third kappa shape index (κ3) is 2.99. The van der Waals surface area contributed by atoms with Gasteiger partial charge >= 0.3 is 5.56 Å². The first-order valence-electron chi connectivity index (χ1n) is 9.97. The van der Waals surface area contributed by atoms with Crippen molar-refractivity contribution in [3.63, 3.8) is 0 Å². The summed E-state index contributed by atoms with van der Waals surface area (Å²) in [5.74, 6) is 0.614. The third-order valence-corrected chi connectivity index (χ3v) is 5.57. The molecule has 0 amide bonds. The molecule has 5 rings (SSSR count). The number of imidazole rings is 1. The summed E-state index contributed by atoms with van der Waals surface area (Å²) in [4.78, 5) is 19.7. The van der Waals surface area contributed by atoms with Crippen molar-refractivity contribution < 1.29 is 0 Å². The number of para-hydroxylation sites is 2. The summed E-state index contributed by atoms with van der Waals surface area (Å²) in [6, 6.07) is 17.7. The summed E-state index contributed by atoms with van der Waals surface area (Å²) in [6.45, 7) is 4.07. The third-order valence-electron chi connectivity index (χ3n) is 5.57. The zero-order chi connectivity index (χ0) is 18.9. The van der Waals surface area contributed by atoms with Gasteiger partial charge in [-0.1, -0.05) is 48.9 Å². The largest absolute Gasteiger partial charge is 0.307 e. The van der Waals surface area contributed by atoms with E-state index in [1.165, 1.54) is 19.3 Å². The number of benzene rings is 2. The van der Waals surface area contributed by atoms with E-state index in [2.05, 4.69) is 20.5 Å². The molecule has 1 aliphatic rings. The van der Waals surface area contributed by atoms with E-state index in [1.807, 2.05) is 53.0 Å². The molecule has 0 unspecified atom stereocenters. The van der Waals surface area contributed by atoms with Crippen molar-refractivity contribution in [2.75, 3.05) is 19.6 Å². The number of hydrogen-bond acceptors (Lipinski definition) is 4. The van der Waals surface area contributed by atoms with E-state index in [4.69, 9.17) is 5.10 Å². The second-order valence-electron chi connectivity index (χ2n) is 7.39. The lowest BCUT2D eigenvalue weighted by Crippen LogP contribution is -2.32. The SMILES string of the molecule is O=c1nc2n(CCN3CCCCC3)c3ccccc3n2nc1-c1ccccc1. The van der Waals surface area contributed by atoms with E-state index in [9.17, 15) is 4.79 Å². The highest BCUT2D eigenvalue weighted by Gasteiger charge is 2.17. The Labute approximate surface area is 163 Å². The minimum absolute atomic E-state index is 0.284. The first-order valence-corrected chi connectivity index (χ1v) is 9.97. The molecule has 142 valence electrons. The fourth-order valence-electron chi connectivity index (χ4n) is 4.12. The maximum Gasteiger partial charge on any atom is 0.301 e. The van der Waals surface area contributed by atoms with Gasteiger partial charge in [-0.05, 0) is 38.1 Å². The molecule has 0 spiro atoms. The number of aromatic nitrogens is 4. The van der Waals surface area contributed by atoms with Gasteiger partial charge in [0, 0.05) is 18.7 Å². The maximum atomic E-state index is 12.8. The fraction of sp³-hybridized carbons (Fsp3) is 0.318. The van der Waals surface area contributed by atoms with Gasteiger partial charge in [-0.2, -0.15) is 14.6 Å². The molecule has 4 aromatic rings. The number of nitrogens with zero attached hydrogens (tertiary/aromatic N) is 5. The summed E-state index contributed by atoms with van der Waals surface area (Å²) in [6.07, 6.45) is 3.87. The number of rotatable bonds is 4. The predicted octanol–water partition coefficient (Wildman–Crippen LogP) is 3.20. The Morgan fingerprint density at radius 2 is 1.54 bits per heavy atom. The van der Waals surface area contributed by atoms with Crippen molar-refractivity contribution in [3.05, 3.63) is 65.0 Å². The molecule has 1 fully saturated rings. The molecule has 1 aliphatic heterocycles. The van der Waals surface area contributed by atoms with Crippen molar-refractivity contribution in [1.82, 2.24) is 24.1 Å². The Balaban J connectivity index is 1.63. The lowest BCUT2D eigenvalue weighted by Gasteiger charge is -2.26. The minimum Gasteiger partial charge on any atom is -0.307 e. The molecule has 28 heavy (non-hydrogen) atoms. The van der Waals surface area contributed by atoms with Gasteiger partial charge in [0.1, 0.15) is 0 Å². The van der Waals surface area contributed by atoms with Crippen molar-refractivity contribution in [2.24, 2.45) is 0 Å². The highest BCUT2D eigenvalue weighted by atomic mass is 16.1. The van der Waals surface area contributed by atoms with Crippen LogP contribution in [-0.2, 0) is 6.54 Å². The summed E-state index contributed by atoms with van der Waals surface area (Å²) >= 11 is 0. The lowest BCUT2D eigenvalue weighted by molar-refractivity contribution is 0.222. The average Bonchev–Trinajstić information content (AvgIpc) is 3.05. The maximum absolute atomic E-state index is 12.8. The van der Waals surface area contributed by atoms with E-state index in [-0.39, 0.29) is 5.56 Å². The Hall–Kier alpha value is -2.99. The number of piperidine rings is 1. The van der Waals surface area contributed by atoms with Crippen LogP contribution in [0.1, 0.15) is 19.3 Å². The summed E-state index contributed by atoms with van der Waals surface area (Å²) < 4.78 is 3.95. The van der Waals surface area contributed by atoms with Crippen molar-refractivity contribution in [2.45, 2.75) is 25.8 Å². The van der Waals surface area contributed by atoms with Gasteiger partial charge in [0.15, 0.2) is 5.69 Å². The van der Waals surface area contributed by atoms with Gasteiger partial charge in [0.2, 0.25) is 5.78 Å². The van der Waals surface area contributed by atoms with Crippen LogP contribution in [0.15, 0.2) is 59.4 Å². The summed E-state index contributed by atoms with van der Waals surface area (Å²) in [5.41, 5.74) is 2.93. The van der Waals surface area contributed by atoms with Gasteiger partial charge < -0.3 is 9.47 Å². The molecule has 0 saturated carbocycles. The quantitative estimate of drug-likeness (QED) is 0.551. The van der Waals surface area contributed by atoms with E-state index >= 15 is 0 Å². The first kappa shape index (κ1) is 17.1. The number of likely N-dealkylation sites (tertiary alicyclic amines) is 1. The molecule has 2 aromatic heterocycles. The average molecular weight is 373 g/mol. The second-order valence-corrected chi connectivity index (χ2v) is 7.39. The second kappa shape index (κ2) is 7.20. The number of hydrogen-bond donors (Lipinski definition) is 0. The Morgan fingerprint density at radius 1 is 0.821 bits per heavy atom. The van der Waals surface area contributed by atoms with Crippen LogP contribution in [-0.4, -0.2) is 43.7 Å². The van der Waals surface area contributed by atoms with Gasteiger partial charge in [-0.3, -0.25) is 4.79 Å². The normalized spacial score (nSPS) is 15.4. The Morgan fingerprint density at radius 3 is 2.32 bits per heavy atom. The van der Waals surface area contributed by atoms with Crippen LogP contribution in [0.2, 0.25) is 0 Å². The predicted molar refractivity (Wildman–Crippen MR) is 110 cm³/mol. The smallest absolute Gasteiger partial charge is 0.301 e. The van der Waals surface area contributed by atoms with Crippen LogP contribution in [0.4, 0.5) is 0 Å². The van der Waals surface area contributed by atoms with Crippen LogP contribution >= 0.6 is 0 Å². The fourth-order valence-corrected chi connectivity index (χ4v) is 4.12. The molecular formula is C22H23N5O. The zero-order valence-corrected chi connectivity index (χ0v) is 15.8. The number of fused-ring (bicyclic) bond motifs is 3. The standard InChI is InChI=1S/C22H23N5O/c28-21-20(17-9-3-1-4-10-17)24-27-19-12-6-5-11-18(19)26(22(27)23-21)16-15-25-13-7-2-8-14-25/h1,3-6,9-12H,2,7-8,13-16H2. The molecule has 0 atom stereocenters. The van der Waals surface area contributed by atoms with Crippen molar-refractivity contribution >= 4 is 16.8 Å². The summed E-state index contributed by atoms with van der Waals surface area (Å²) in [5, 5.41) is 4.70. The van der Waals surface area contributed by atoms with E-state index in [0.29, 0.717) is 11.5 Å². The first-order chi connectivity index (χ1) is 13.8. The van der Waals surface area contributed by atoms with Crippen LogP contribution in [0.5, 0.6) is 0 Å². The van der Waals surface area contributed by atoms with Crippen molar-refractivity contribution in [1.29, 1.82) is 0 Å². The molecule has 1 saturated heterocycles. The minimum atomic E-state index is -0.284. The van der Waals surface area contributed by atoms with E-state index in [0.717, 1.165) is 42.8 Å². The Kier molecular flexibility index (Phi) is 4.41. The summed E-state index contributed by atoms with van der Waals surface area (Å²) in [7, 11) is 0. The van der Waals surface area contributed by atoms with Gasteiger partial charge in [-0.25, -0.2) is 0 Å². The van der Waals surface area contributed by atoms with Crippen molar-refractivity contribution in [3.8, 4) is 11.3 Å². The zero-order valence-electron chi connectivity index (χ0n) is 15.8. The van der Waals surface area contributed by atoms with Crippen LogP contribution in [0.3, 0.4) is 0 Å². The molecule has 6 nitrogen and oxygen atoms in total. The Bertz CT molecular complexity index is 1170. The highest BCUT2D eigenvalue weighted by molar-refractivity contribution is 5.80. The van der Waals surface area contributed by atoms with Crippen LogP contribution in [0, 0.1) is 0 Å². The van der Waals surface area contributed by atoms with Crippen LogP contribution < -0.4 is 5.56 Å². The van der Waals surface area contributed by atoms with Gasteiger partial charge in [-0.15, -0.1) is 0 Å². The van der Waals surface area contributed by atoms with Gasteiger partial charge in [0.25, 0.3) is 0 Å². The van der Waals surface area contributed by atoms with Gasteiger partial charge in [0.05, 0.1) is 11.0 Å². The van der Waals surface area contributed by atoms with E-state index < -0.39 is 0 Å². The highest BCUT2D eigenvalue weighted by Crippen LogP contribution is 2.20. The molecule has 3 heterocycles. The molecule has 0 radical (unpaired) electrons. The molecule has 6 heteroatoms.